The van der Waals surface area contributed by atoms with E-state index in [1.165, 1.54) is 10.4 Å². The molecule has 1 aromatic carbocycles. The smallest absolute Gasteiger partial charge is 0.248 e. The van der Waals surface area contributed by atoms with Crippen LogP contribution in [0.25, 0.3) is 5.82 Å². The van der Waals surface area contributed by atoms with Crippen LogP contribution < -0.4 is 16.0 Å². The maximum absolute atomic E-state index is 5.99. The molecule has 2 aromatic heterocycles. The number of hydrogen-bond acceptors (Lipinski definition) is 7. The number of nitrogens with one attached hydrogen (secondary N) is 1. The van der Waals surface area contributed by atoms with E-state index < -0.39 is 0 Å². The van der Waals surface area contributed by atoms with Crippen molar-refractivity contribution in [2.45, 2.75) is 6.92 Å². The Morgan fingerprint density at radius 3 is 2.54 bits per heavy atom. The quantitative estimate of drug-likeness (QED) is 0.743. The predicted molar refractivity (Wildman–Crippen MR) is 101 cm³/mol. The molecule has 0 saturated carbocycles. The summed E-state index contributed by atoms with van der Waals surface area (Å²) >= 11 is 0. The van der Waals surface area contributed by atoms with E-state index in [2.05, 4.69) is 37.4 Å². The third-order valence-electron chi connectivity index (χ3n) is 4.22. The number of hydrogen-bond donors (Lipinski definition) is 2. The van der Waals surface area contributed by atoms with E-state index >= 15 is 0 Å². The number of nitrogen functional groups attached to an aromatic ring is 1. The molecule has 0 spiro atoms. The molecule has 4 rings (SSSR count). The lowest BCUT2D eigenvalue weighted by atomic mass is 10.2. The van der Waals surface area contributed by atoms with Gasteiger partial charge in [0.05, 0.1) is 13.2 Å². The first-order chi connectivity index (χ1) is 12.7. The number of aromatic nitrogens is 4. The molecular formula is C18H21N7O. The second-order valence-electron chi connectivity index (χ2n) is 6.11. The first-order valence-corrected chi connectivity index (χ1v) is 8.55. The summed E-state index contributed by atoms with van der Waals surface area (Å²) in [6.45, 7) is 5.30. The third-order valence-corrected chi connectivity index (χ3v) is 4.22. The molecule has 1 saturated heterocycles. The predicted octanol–water partition coefficient (Wildman–Crippen LogP) is 2.13. The van der Waals surface area contributed by atoms with Crippen LogP contribution >= 0.6 is 0 Å². The van der Waals surface area contributed by atoms with Crippen molar-refractivity contribution in [1.82, 2.24) is 19.7 Å². The van der Waals surface area contributed by atoms with Crippen LogP contribution in [0.5, 0.6) is 0 Å². The van der Waals surface area contributed by atoms with Gasteiger partial charge < -0.3 is 20.7 Å². The molecule has 8 heteroatoms. The van der Waals surface area contributed by atoms with Crippen LogP contribution in [0.1, 0.15) is 5.69 Å². The fourth-order valence-electron chi connectivity index (χ4n) is 2.90. The number of pyridine rings is 1. The van der Waals surface area contributed by atoms with Gasteiger partial charge in [-0.05, 0) is 43.3 Å². The van der Waals surface area contributed by atoms with Gasteiger partial charge >= 0.3 is 0 Å². The van der Waals surface area contributed by atoms with Crippen molar-refractivity contribution >= 4 is 23.3 Å². The first kappa shape index (κ1) is 16.3. The number of rotatable bonds is 4. The Kier molecular flexibility index (Phi) is 4.40. The third kappa shape index (κ3) is 3.45. The Labute approximate surface area is 151 Å². The van der Waals surface area contributed by atoms with Gasteiger partial charge in [-0.1, -0.05) is 6.07 Å². The molecule has 1 aliphatic heterocycles. The van der Waals surface area contributed by atoms with E-state index in [0.29, 0.717) is 11.8 Å². The Morgan fingerprint density at radius 2 is 1.81 bits per heavy atom. The summed E-state index contributed by atoms with van der Waals surface area (Å²) in [4.78, 5) is 11.0. The van der Waals surface area contributed by atoms with Crippen LogP contribution in [0.2, 0.25) is 0 Å². The topological polar surface area (TPSA) is 94.1 Å². The van der Waals surface area contributed by atoms with Gasteiger partial charge in [0, 0.05) is 30.2 Å². The molecule has 3 N–H and O–H groups in total. The lowest BCUT2D eigenvalue weighted by Gasteiger charge is -2.28. The number of nitrogens with zero attached hydrogens (tertiary/aromatic N) is 5. The highest BCUT2D eigenvalue weighted by molar-refractivity contribution is 5.60. The average Bonchev–Trinajstić information content (AvgIpc) is 3.03. The molecule has 0 unspecified atom stereocenters. The lowest BCUT2D eigenvalue weighted by Crippen LogP contribution is -2.36. The molecule has 0 amide bonds. The minimum Gasteiger partial charge on any atom is -0.378 e. The molecule has 26 heavy (non-hydrogen) atoms. The van der Waals surface area contributed by atoms with Gasteiger partial charge in [0.2, 0.25) is 11.9 Å². The molecule has 8 nitrogen and oxygen atoms in total. The van der Waals surface area contributed by atoms with E-state index in [1.54, 1.807) is 0 Å². The van der Waals surface area contributed by atoms with E-state index in [0.717, 1.165) is 37.7 Å². The molecule has 1 aliphatic rings. The van der Waals surface area contributed by atoms with Crippen LogP contribution in [-0.4, -0.2) is 46.1 Å². The molecule has 3 heterocycles. The number of anilines is 4. The van der Waals surface area contributed by atoms with E-state index in [1.807, 2.05) is 37.3 Å². The minimum absolute atomic E-state index is 0.288. The van der Waals surface area contributed by atoms with Gasteiger partial charge in [-0.25, -0.2) is 4.98 Å². The van der Waals surface area contributed by atoms with Gasteiger partial charge in [-0.2, -0.15) is 9.67 Å². The molecular weight excluding hydrogens is 330 g/mol. The minimum atomic E-state index is 0.288. The van der Waals surface area contributed by atoms with Crippen LogP contribution in [0.4, 0.5) is 23.3 Å². The fraction of sp³-hybridized carbons (Fsp3) is 0.278. The largest absolute Gasteiger partial charge is 0.378 e. The summed E-state index contributed by atoms with van der Waals surface area (Å²) in [6.07, 6.45) is 0. The zero-order chi connectivity index (χ0) is 17.9. The zero-order valence-electron chi connectivity index (χ0n) is 14.6. The van der Waals surface area contributed by atoms with Crippen molar-refractivity contribution in [2.24, 2.45) is 0 Å². The number of ether oxygens (including phenoxy) is 1. The van der Waals surface area contributed by atoms with Crippen molar-refractivity contribution in [3.63, 3.8) is 0 Å². The summed E-state index contributed by atoms with van der Waals surface area (Å²) < 4.78 is 6.92. The summed E-state index contributed by atoms with van der Waals surface area (Å²) in [5, 5.41) is 7.59. The van der Waals surface area contributed by atoms with Crippen molar-refractivity contribution in [2.75, 3.05) is 42.3 Å². The highest BCUT2D eigenvalue weighted by Gasteiger charge is 2.12. The highest BCUT2D eigenvalue weighted by Crippen LogP contribution is 2.21. The Hall–Kier alpha value is -3.13. The molecule has 0 bridgehead atoms. The molecule has 3 aromatic rings. The monoisotopic (exact) mass is 351 g/mol. The van der Waals surface area contributed by atoms with Crippen LogP contribution in [-0.2, 0) is 4.74 Å². The highest BCUT2D eigenvalue weighted by atomic mass is 16.5. The SMILES string of the molecule is Cc1cccc(-n2nc(Nc3ccc(N4CCOCC4)cc3)nc2N)n1. The van der Waals surface area contributed by atoms with Gasteiger partial charge in [-0.3, -0.25) is 0 Å². The van der Waals surface area contributed by atoms with Crippen molar-refractivity contribution in [1.29, 1.82) is 0 Å². The summed E-state index contributed by atoms with van der Waals surface area (Å²) in [6, 6.07) is 13.9. The van der Waals surface area contributed by atoms with Gasteiger partial charge in [0.25, 0.3) is 0 Å². The Bertz CT molecular complexity index is 885. The van der Waals surface area contributed by atoms with Crippen molar-refractivity contribution in [3.8, 4) is 5.82 Å². The lowest BCUT2D eigenvalue weighted by molar-refractivity contribution is 0.122. The van der Waals surface area contributed by atoms with Gasteiger partial charge in [0.1, 0.15) is 0 Å². The number of aryl methyl sites for hydroxylation is 1. The molecule has 0 aliphatic carbocycles. The Morgan fingerprint density at radius 1 is 1.04 bits per heavy atom. The number of benzene rings is 1. The molecule has 0 atom stereocenters. The van der Waals surface area contributed by atoms with Crippen molar-refractivity contribution < 1.29 is 4.74 Å². The number of morpholine rings is 1. The standard InChI is InChI=1S/C18H21N7O/c1-13-3-2-4-16(20-13)25-17(19)22-18(23-25)21-14-5-7-15(8-6-14)24-9-11-26-12-10-24/h2-8H,9-12H2,1H3,(H3,19,21,22,23). The van der Waals surface area contributed by atoms with Gasteiger partial charge in [-0.15, -0.1) is 5.10 Å². The summed E-state index contributed by atoms with van der Waals surface area (Å²) in [5.74, 6) is 1.37. The first-order valence-electron chi connectivity index (χ1n) is 8.55. The van der Waals surface area contributed by atoms with Crippen LogP contribution in [0.15, 0.2) is 42.5 Å². The van der Waals surface area contributed by atoms with Crippen molar-refractivity contribution in [3.05, 3.63) is 48.2 Å². The van der Waals surface area contributed by atoms with Crippen LogP contribution in [0, 0.1) is 6.92 Å². The van der Waals surface area contributed by atoms with E-state index in [9.17, 15) is 0 Å². The summed E-state index contributed by atoms with van der Waals surface area (Å²) in [5.41, 5.74) is 8.96. The van der Waals surface area contributed by atoms with Crippen LogP contribution in [0.3, 0.4) is 0 Å². The normalized spacial score (nSPS) is 14.4. The molecule has 0 radical (unpaired) electrons. The fourth-order valence-corrected chi connectivity index (χ4v) is 2.90. The Balaban J connectivity index is 1.50. The maximum atomic E-state index is 5.99. The maximum Gasteiger partial charge on any atom is 0.248 e. The number of nitrogens with two attached hydrogens (primary N) is 1. The van der Waals surface area contributed by atoms with E-state index in [4.69, 9.17) is 10.5 Å². The second kappa shape index (κ2) is 7.01. The zero-order valence-corrected chi connectivity index (χ0v) is 14.6. The van der Waals surface area contributed by atoms with Gasteiger partial charge in [0.15, 0.2) is 5.82 Å². The summed E-state index contributed by atoms with van der Waals surface area (Å²) in [7, 11) is 0. The molecule has 1 fully saturated rings. The second-order valence-corrected chi connectivity index (χ2v) is 6.11. The van der Waals surface area contributed by atoms with E-state index in [-0.39, 0.29) is 5.95 Å². The average molecular weight is 351 g/mol. The molecule has 134 valence electrons.